The standard InChI is InChI=1S/C15H18F2N2OS2/c1-10(12-5-4-11(16)8-13(12)17)18-14(20)9-22-15(21)19-6-2-3-7-19/h4-5,8,10H,2-3,6-7,9H2,1H3,(H,18,20)/t10-/m0/s1. The van der Waals surface area contributed by atoms with Crippen LogP contribution in [0.3, 0.4) is 0 Å². The molecule has 0 unspecified atom stereocenters. The number of hydrogen-bond donors (Lipinski definition) is 1. The molecular formula is C15H18F2N2OS2. The van der Waals surface area contributed by atoms with Gasteiger partial charge in [-0.25, -0.2) is 8.78 Å². The lowest BCUT2D eigenvalue weighted by atomic mass is 10.1. The second kappa shape index (κ2) is 7.87. The first-order valence-corrected chi connectivity index (χ1v) is 8.53. The van der Waals surface area contributed by atoms with Crippen LogP contribution in [0.25, 0.3) is 0 Å². The van der Waals surface area contributed by atoms with E-state index in [1.165, 1.54) is 23.9 Å². The Kier molecular flexibility index (Phi) is 6.14. The van der Waals surface area contributed by atoms with Crippen molar-refractivity contribution in [3.05, 3.63) is 35.4 Å². The molecule has 0 bridgehead atoms. The fourth-order valence-corrected chi connectivity index (χ4v) is 3.39. The van der Waals surface area contributed by atoms with Gasteiger partial charge >= 0.3 is 0 Å². The zero-order valence-electron chi connectivity index (χ0n) is 12.3. The van der Waals surface area contributed by atoms with Crippen LogP contribution < -0.4 is 5.32 Å². The maximum atomic E-state index is 13.6. The van der Waals surface area contributed by atoms with Crippen molar-refractivity contribution in [2.24, 2.45) is 0 Å². The molecular weight excluding hydrogens is 326 g/mol. The molecule has 1 aliphatic rings. The predicted octanol–water partition coefficient (Wildman–Crippen LogP) is 3.26. The van der Waals surface area contributed by atoms with Crippen LogP contribution in [0.4, 0.5) is 8.78 Å². The van der Waals surface area contributed by atoms with E-state index in [0.29, 0.717) is 0 Å². The van der Waals surface area contributed by atoms with Gasteiger partial charge in [-0.1, -0.05) is 30.0 Å². The molecule has 1 atom stereocenters. The average molecular weight is 344 g/mol. The van der Waals surface area contributed by atoms with Gasteiger partial charge < -0.3 is 10.2 Å². The highest BCUT2D eigenvalue weighted by Gasteiger charge is 2.18. The van der Waals surface area contributed by atoms with Crippen molar-refractivity contribution in [2.75, 3.05) is 18.8 Å². The zero-order valence-corrected chi connectivity index (χ0v) is 13.9. The normalized spacial score (nSPS) is 15.7. The van der Waals surface area contributed by atoms with Gasteiger partial charge in [0.25, 0.3) is 0 Å². The van der Waals surface area contributed by atoms with E-state index in [1.54, 1.807) is 6.92 Å². The van der Waals surface area contributed by atoms with Gasteiger partial charge in [0.05, 0.1) is 11.8 Å². The second-order valence-corrected chi connectivity index (χ2v) is 6.81. The van der Waals surface area contributed by atoms with Gasteiger partial charge in [0.2, 0.25) is 5.91 Å². The van der Waals surface area contributed by atoms with E-state index in [1.807, 2.05) is 0 Å². The maximum Gasteiger partial charge on any atom is 0.230 e. The fourth-order valence-electron chi connectivity index (χ4n) is 2.33. The first-order chi connectivity index (χ1) is 10.5. The molecule has 22 heavy (non-hydrogen) atoms. The van der Waals surface area contributed by atoms with E-state index in [0.717, 1.165) is 36.3 Å². The molecule has 3 nitrogen and oxygen atoms in total. The van der Waals surface area contributed by atoms with Crippen LogP contribution in [-0.2, 0) is 4.79 Å². The van der Waals surface area contributed by atoms with Gasteiger partial charge in [-0.15, -0.1) is 0 Å². The molecule has 1 aliphatic heterocycles. The van der Waals surface area contributed by atoms with Crippen molar-refractivity contribution in [2.45, 2.75) is 25.8 Å². The third-order valence-corrected chi connectivity index (χ3v) is 5.02. The van der Waals surface area contributed by atoms with Crippen molar-refractivity contribution in [3.8, 4) is 0 Å². The highest BCUT2D eigenvalue weighted by Crippen LogP contribution is 2.19. The summed E-state index contributed by atoms with van der Waals surface area (Å²) in [7, 11) is 0. The van der Waals surface area contributed by atoms with Gasteiger partial charge in [0.1, 0.15) is 16.0 Å². The Morgan fingerprint density at radius 3 is 2.73 bits per heavy atom. The van der Waals surface area contributed by atoms with E-state index in [9.17, 15) is 13.6 Å². The summed E-state index contributed by atoms with van der Waals surface area (Å²) < 4.78 is 27.3. The number of carbonyl (C=O) groups excluding carboxylic acids is 1. The van der Waals surface area contributed by atoms with Crippen molar-refractivity contribution in [3.63, 3.8) is 0 Å². The van der Waals surface area contributed by atoms with Gasteiger partial charge in [0.15, 0.2) is 0 Å². The summed E-state index contributed by atoms with van der Waals surface area (Å²) in [5, 5.41) is 2.70. The minimum atomic E-state index is -0.659. The number of thioether (sulfide) groups is 1. The molecule has 0 aromatic heterocycles. The molecule has 2 rings (SSSR count). The lowest BCUT2D eigenvalue weighted by molar-refractivity contribution is -0.119. The number of nitrogens with zero attached hydrogens (tertiary/aromatic N) is 1. The van der Waals surface area contributed by atoms with Crippen LogP contribution in [0, 0.1) is 11.6 Å². The Morgan fingerprint density at radius 2 is 2.09 bits per heavy atom. The van der Waals surface area contributed by atoms with Crippen molar-refractivity contribution >= 4 is 34.2 Å². The quantitative estimate of drug-likeness (QED) is 0.850. The lowest BCUT2D eigenvalue weighted by Gasteiger charge is -2.18. The topological polar surface area (TPSA) is 32.3 Å². The van der Waals surface area contributed by atoms with Crippen LogP contribution in [0.2, 0.25) is 0 Å². The smallest absolute Gasteiger partial charge is 0.230 e. The summed E-state index contributed by atoms with van der Waals surface area (Å²) in [5.74, 6) is -1.32. The molecule has 1 saturated heterocycles. The molecule has 0 radical (unpaired) electrons. The molecule has 120 valence electrons. The molecule has 1 fully saturated rings. The number of thiocarbonyl (C=S) groups is 1. The van der Waals surface area contributed by atoms with Gasteiger partial charge in [-0.05, 0) is 25.8 Å². The van der Waals surface area contributed by atoms with Crippen LogP contribution >= 0.6 is 24.0 Å². The Morgan fingerprint density at radius 1 is 1.41 bits per heavy atom. The minimum absolute atomic E-state index is 0.197. The zero-order chi connectivity index (χ0) is 16.1. The Balaban J connectivity index is 1.82. The van der Waals surface area contributed by atoms with Crippen molar-refractivity contribution in [1.29, 1.82) is 0 Å². The molecule has 0 aliphatic carbocycles. The van der Waals surface area contributed by atoms with Gasteiger partial charge in [0, 0.05) is 24.7 Å². The maximum absolute atomic E-state index is 13.6. The average Bonchev–Trinajstić information content (AvgIpc) is 2.98. The molecule has 1 aromatic carbocycles. The first kappa shape index (κ1) is 17.1. The summed E-state index contributed by atoms with van der Waals surface area (Å²) in [4.78, 5) is 14.0. The highest BCUT2D eigenvalue weighted by molar-refractivity contribution is 8.23. The number of rotatable bonds is 4. The van der Waals surface area contributed by atoms with E-state index < -0.39 is 17.7 Å². The van der Waals surface area contributed by atoms with Crippen LogP contribution in [0.15, 0.2) is 18.2 Å². The summed E-state index contributed by atoms with van der Waals surface area (Å²) >= 11 is 6.60. The first-order valence-electron chi connectivity index (χ1n) is 7.13. The summed E-state index contributed by atoms with van der Waals surface area (Å²) in [6.07, 6.45) is 2.27. The molecule has 1 N–H and O–H groups in total. The number of benzene rings is 1. The van der Waals surface area contributed by atoms with E-state index >= 15 is 0 Å². The highest BCUT2D eigenvalue weighted by atomic mass is 32.2. The number of carbonyl (C=O) groups is 1. The fraction of sp³-hybridized carbons (Fsp3) is 0.467. The number of halogens is 2. The van der Waals surface area contributed by atoms with Crippen molar-refractivity contribution in [1.82, 2.24) is 10.2 Å². The third kappa shape index (κ3) is 4.64. The SMILES string of the molecule is C[C@H](NC(=O)CSC(=S)N1CCCC1)c1ccc(F)cc1F. The monoisotopic (exact) mass is 344 g/mol. The summed E-state index contributed by atoms with van der Waals surface area (Å²) in [5.41, 5.74) is 0.266. The Labute approximate surface area is 138 Å². The lowest BCUT2D eigenvalue weighted by Crippen LogP contribution is -2.30. The third-order valence-electron chi connectivity index (χ3n) is 3.50. The molecule has 1 amide bonds. The summed E-state index contributed by atoms with van der Waals surface area (Å²) in [6.45, 7) is 3.56. The van der Waals surface area contributed by atoms with Gasteiger partial charge in [-0.3, -0.25) is 4.79 Å². The van der Waals surface area contributed by atoms with E-state index in [-0.39, 0.29) is 17.2 Å². The number of amides is 1. The molecule has 1 aromatic rings. The number of likely N-dealkylation sites (tertiary alicyclic amines) is 1. The Hall–Kier alpha value is -1.21. The predicted molar refractivity (Wildman–Crippen MR) is 88.8 cm³/mol. The molecule has 0 spiro atoms. The van der Waals surface area contributed by atoms with Crippen molar-refractivity contribution < 1.29 is 13.6 Å². The number of hydrogen-bond acceptors (Lipinski definition) is 3. The Bertz CT molecular complexity index is 562. The molecule has 1 heterocycles. The van der Waals surface area contributed by atoms with Crippen LogP contribution in [0.1, 0.15) is 31.4 Å². The largest absolute Gasteiger partial charge is 0.358 e. The van der Waals surface area contributed by atoms with Crippen LogP contribution in [0.5, 0.6) is 0 Å². The summed E-state index contributed by atoms with van der Waals surface area (Å²) in [6, 6.07) is 2.82. The molecule has 7 heteroatoms. The minimum Gasteiger partial charge on any atom is -0.358 e. The molecule has 0 saturated carbocycles. The second-order valence-electron chi connectivity index (χ2n) is 5.20. The van der Waals surface area contributed by atoms with Gasteiger partial charge in [-0.2, -0.15) is 0 Å². The van der Waals surface area contributed by atoms with E-state index in [2.05, 4.69) is 10.2 Å². The number of nitrogens with one attached hydrogen (secondary N) is 1. The van der Waals surface area contributed by atoms with Crippen LogP contribution in [-0.4, -0.2) is 34.0 Å². The van der Waals surface area contributed by atoms with E-state index in [4.69, 9.17) is 12.2 Å².